The molecule has 1 aliphatic carbocycles. The summed E-state index contributed by atoms with van der Waals surface area (Å²) in [7, 11) is 0. The Kier molecular flexibility index (Phi) is 7.20. The Hall–Kier alpha value is -1.34. The van der Waals surface area contributed by atoms with Crippen LogP contribution < -0.4 is 10.6 Å². The van der Waals surface area contributed by atoms with Gasteiger partial charge in [-0.25, -0.2) is 9.59 Å². The summed E-state index contributed by atoms with van der Waals surface area (Å²) in [6.07, 6.45) is 3.19. The average molecular weight is 274 g/mol. The van der Waals surface area contributed by atoms with Gasteiger partial charge in [0, 0.05) is 32.8 Å². The lowest BCUT2D eigenvalue weighted by Gasteiger charge is -2.13. The molecule has 4 N–H and O–H groups in total. The minimum Gasteiger partial charge on any atom is -0.480 e. The number of carboxylic acids is 1. The fourth-order valence-corrected chi connectivity index (χ4v) is 1.51. The van der Waals surface area contributed by atoms with E-state index in [1.807, 2.05) is 0 Å². The lowest BCUT2D eigenvalue weighted by atomic mass is 10.2. The lowest BCUT2D eigenvalue weighted by molar-refractivity contribution is -0.139. The van der Waals surface area contributed by atoms with E-state index in [-0.39, 0.29) is 13.0 Å². The molecule has 0 aliphatic heterocycles. The summed E-state index contributed by atoms with van der Waals surface area (Å²) in [6, 6.07) is -1.60. The van der Waals surface area contributed by atoms with Crippen LogP contribution in [0.25, 0.3) is 0 Å². The third-order valence-corrected chi connectivity index (χ3v) is 2.82. The first kappa shape index (κ1) is 15.7. The number of rotatable bonds is 10. The van der Waals surface area contributed by atoms with Gasteiger partial charge < -0.3 is 25.6 Å². The zero-order chi connectivity index (χ0) is 14.1. The van der Waals surface area contributed by atoms with Crippen molar-refractivity contribution >= 4 is 12.0 Å². The van der Waals surface area contributed by atoms with Crippen molar-refractivity contribution < 1.29 is 24.5 Å². The van der Waals surface area contributed by atoms with E-state index in [2.05, 4.69) is 10.6 Å². The van der Waals surface area contributed by atoms with Gasteiger partial charge >= 0.3 is 12.0 Å². The zero-order valence-electron chi connectivity index (χ0n) is 10.9. The van der Waals surface area contributed by atoms with Crippen molar-refractivity contribution in [2.45, 2.75) is 31.7 Å². The maximum absolute atomic E-state index is 11.4. The SMILES string of the molecule is O=C(NCCCOCC1CC1)N[C@@H](CCO)C(=O)O. The van der Waals surface area contributed by atoms with E-state index in [4.69, 9.17) is 14.9 Å². The summed E-state index contributed by atoms with van der Waals surface area (Å²) >= 11 is 0. The van der Waals surface area contributed by atoms with Gasteiger partial charge in [-0.15, -0.1) is 0 Å². The Morgan fingerprint density at radius 2 is 2.11 bits per heavy atom. The van der Waals surface area contributed by atoms with Crippen molar-refractivity contribution in [3.05, 3.63) is 0 Å². The number of urea groups is 1. The summed E-state index contributed by atoms with van der Waals surface area (Å²) in [6.45, 7) is 1.54. The largest absolute Gasteiger partial charge is 0.480 e. The number of amides is 2. The number of carboxylic acid groups (broad SMARTS) is 1. The molecule has 0 saturated heterocycles. The molecule has 2 amide bonds. The molecule has 1 fully saturated rings. The molecule has 0 heterocycles. The second-order valence-electron chi connectivity index (χ2n) is 4.68. The van der Waals surface area contributed by atoms with Crippen LogP contribution in [0.4, 0.5) is 4.79 Å². The molecule has 0 aromatic carbocycles. The van der Waals surface area contributed by atoms with Gasteiger partial charge in [-0.2, -0.15) is 0 Å². The molecular weight excluding hydrogens is 252 g/mol. The molecule has 0 spiro atoms. The van der Waals surface area contributed by atoms with Crippen molar-refractivity contribution in [1.82, 2.24) is 10.6 Å². The van der Waals surface area contributed by atoms with Gasteiger partial charge in [0.05, 0.1) is 0 Å². The molecule has 0 aromatic heterocycles. The van der Waals surface area contributed by atoms with Gasteiger partial charge in [0.25, 0.3) is 0 Å². The zero-order valence-corrected chi connectivity index (χ0v) is 10.9. The highest BCUT2D eigenvalue weighted by molar-refractivity contribution is 5.82. The maximum Gasteiger partial charge on any atom is 0.326 e. The fourth-order valence-electron chi connectivity index (χ4n) is 1.51. The van der Waals surface area contributed by atoms with E-state index in [0.717, 1.165) is 12.5 Å². The Balaban J connectivity index is 2.00. The van der Waals surface area contributed by atoms with Crippen LogP contribution in [-0.4, -0.2) is 54.6 Å². The molecule has 1 aliphatic rings. The van der Waals surface area contributed by atoms with Gasteiger partial charge in [0.2, 0.25) is 0 Å². The Morgan fingerprint density at radius 3 is 2.68 bits per heavy atom. The van der Waals surface area contributed by atoms with Crippen molar-refractivity contribution in [1.29, 1.82) is 0 Å². The van der Waals surface area contributed by atoms with Crippen LogP contribution in [-0.2, 0) is 9.53 Å². The molecule has 0 unspecified atom stereocenters. The molecular formula is C12H22N2O5. The third-order valence-electron chi connectivity index (χ3n) is 2.82. The second-order valence-corrected chi connectivity index (χ2v) is 4.68. The average Bonchev–Trinajstić information content (AvgIpc) is 3.17. The van der Waals surface area contributed by atoms with E-state index in [1.54, 1.807) is 0 Å². The molecule has 1 saturated carbocycles. The Labute approximate surface area is 112 Å². The number of carbonyl (C=O) groups excluding carboxylic acids is 1. The third kappa shape index (κ3) is 7.63. The minimum atomic E-state index is -1.16. The molecule has 7 heteroatoms. The predicted octanol–water partition coefficient (Wildman–Crippen LogP) is -0.0621. The fraction of sp³-hybridized carbons (Fsp3) is 0.833. The van der Waals surface area contributed by atoms with E-state index in [0.29, 0.717) is 19.6 Å². The van der Waals surface area contributed by atoms with Gasteiger partial charge in [0.1, 0.15) is 6.04 Å². The van der Waals surface area contributed by atoms with Crippen LogP contribution in [0.5, 0.6) is 0 Å². The number of nitrogens with one attached hydrogen (secondary N) is 2. The first-order chi connectivity index (χ1) is 9.13. The summed E-state index contributed by atoms with van der Waals surface area (Å²) in [5, 5.41) is 22.3. The van der Waals surface area contributed by atoms with E-state index in [9.17, 15) is 9.59 Å². The predicted molar refractivity (Wildman–Crippen MR) is 67.8 cm³/mol. The van der Waals surface area contributed by atoms with Crippen LogP contribution >= 0.6 is 0 Å². The first-order valence-electron chi connectivity index (χ1n) is 6.59. The Bertz CT molecular complexity index is 294. The quantitative estimate of drug-likeness (QED) is 0.417. The Morgan fingerprint density at radius 1 is 1.37 bits per heavy atom. The van der Waals surface area contributed by atoms with E-state index < -0.39 is 18.0 Å². The highest BCUT2D eigenvalue weighted by atomic mass is 16.5. The van der Waals surface area contributed by atoms with Crippen LogP contribution in [0, 0.1) is 5.92 Å². The van der Waals surface area contributed by atoms with Crippen molar-refractivity contribution in [3.63, 3.8) is 0 Å². The number of ether oxygens (including phenoxy) is 1. The monoisotopic (exact) mass is 274 g/mol. The standard InChI is InChI=1S/C12H22N2O5/c15-6-4-10(11(16)17)14-12(18)13-5-1-7-19-8-9-2-3-9/h9-10,15H,1-8H2,(H,16,17)(H2,13,14,18)/t10-/m0/s1. The number of aliphatic hydroxyl groups excluding tert-OH is 1. The summed E-state index contributed by atoms with van der Waals surface area (Å²) in [4.78, 5) is 22.1. The van der Waals surface area contributed by atoms with Crippen molar-refractivity contribution in [2.24, 2.45) is 5.92 Å². The van der Waals surface area contributed by atoms with E-state index in [1.165, 1.54) is 12.8 Å². The van der Waals surface area contributed by atoms with Gasteiger partial charge in [0.15, 0.2) is 0 Å². The van der Waals surface area contributed by atoms with Gasteiger partial charge in [-0.3, -0.25) is 0 Å². The molecule has 1 atom stereocenters. The molecule has 1 rings (SSSR count). The minimum absolute atomic E-state index is 0.00669. The van der Waals surface area contributed by atoms with Crippen molar-refractivity contribution in [3.8, 4) is 0 Å². The topological polar surface area (TPSA) is 108 Å². The normalized spacial score (nSPS) is 15.8. The van der Waals surface area contributed by atoms with Crippen LogP contribution in [0.3, 0.4) is 0 Å². The molecule has 0 radical (unpaired) electrons. The van der Waals surface area contributed by atoms with E-state index >= 15 is 0 Å². The van der Waals surface area contributed by atoms with Gasteiger partial charge in [-0.05, 0) is 25.2 Å². The first-order valence-corrected chi connectivity index (χ1v) is 6.59. The summed E-state index contributed by atoms with van der Waals surface area (Å²) < 4.78 is 5.40. The second kappa shape index (κ2) is 8.71. The van der Waals surface area contributed by atoms with Crippen LogP contribution in [0.2, 0.25) is 0 Å². The van der Waals surface area contributed by atoms with Crippen LogP contribution in [0.1, 0.15) is 25.7 Å². The smallest absolute Gasteiger partial charge is 0.326 e. The summed E-state index contributed by atoms with van der Waals surface area (Å²) in [5.74, 6) is -0.428. The van der Waals surface area contributed by atoms with Crippen molar-refractivity contribution in [2.75, 3.05) is 26.4 Å². The number of aliphatic carboxylic acids is 1. The number of aliphatic hydroxyl groups is 1. The molecule has 0 bridgehead atoms. The highest BCUT2D eigenvalue weighted by Gasteiger charge is 2.21. The molecule has 19 heavy (non-hydrogen) atoms. The number of hydrogen-bond donors (Lipinski definition) is 4. The van der Waals surface area contributed by atoms with Gasteiger partial charge in [-0.1, -0.05) is 0 Å². The molecule has 0 aromatic rings. The van der Waals surface area contributed by atoms with Crippen LogP contribution in [0.15, 0.2) is 0 Å². The maximum atomic E-state index is 11.4. The number of hydrogen-bond acceptors (Lipinski definition) is 4. The lowest BCUT2D eigenvalue weighted by Crippen LogP contribution is -2.46. The molecule has 110 valence electrons. The summed E-state index contributed by atoms with van der Waals surface area (Å²) in [5.41, 5.74) is 0. The highest BCUT2D eigenvalue weighted by Crippen LogP contribution is 2.28. The molecule has 7 nitrogen and oxygen atoms in total. The number of carbonyl (C=O) groups is 2.